The number of thiophene rings is 1. The molecule has 0 aliphatic heterocycles. The molecule has 0 saturated heterocycles. The maximum absolute atomic E-state index is 13.7. The van der Waals surface area contributed by atoms with Crippen LogP contribution in [-0.4, -0.2) is 19.8 Å². The fourth-order valence-electron chi connectivity index (χ4n) is 1.65. The first-order valence-electron chi connectivity index (χ1n) is 5.67. The molecule has 0 aliphatic rings. The van der Waals surface area contributed by atoms with E-state index >= 15 is 0 Å². The van der Waals surface area contributed by atoms with Crippen LogP contribution in [0.3, 0.4) is 0 Å². The summed E-state index contributed by atoms with van der Waals surface area (Å²) in [6.07, 6.45) is 0. The van der Waals surface area contributed by atoms with Crippen LogP contribution in [0.2, 0.25) is 4.34 Å². The van der Waals surface area contributed by atoms with Crippen LogP contribution in [0.25, 0.3) is 0 Å². The number of nitrogen functional groups attached to an aromatic ring is 1. The third-order valence-electron chi connectivity index (χ3n) is 2.75. The highest BCUT2D eigenvalue weighted by atomic mass is 35.5. The van der Waals surface area contributed by atoms with Gasteiger partial charge in [0.2, 0.25) is 10.0 Å². The van der Waals surface area contributed by atoms with Crippen molar-refractivity contribution >= 4 is 38.6 Å². The number of hydrogen-bond donors (Lipinski definition) is 1. The number of nitrogens with two attached hydrogens (primary N) is 1. The lowest BCUT2D eigenvalue weighted by Crippen LogP contribution is -2.27. The summed E-state index contributed by atoms with van der Waals surface area (Å²) in [6.45, 7) is 0.0242. The molecule has 0 fully saturated rings. The molecule has 1 aromatic heterocycles. The van der Waals surface area contributed by atoms with E-state index in [0.717, 1.165) is 10.4 Å². The zero-order chi connectivity index (χ0) is 15.8. The van der Waals surface area contributed by atoms with Crippen LogP contribution in [0.15, 0.2) is 29.2 Å². The van der Waals surface area contributed by atoms with Crippen molar-refractivity contribution in [3.63, 3.8) is 0 Å². The van der Waals surface area contributed by atoms with Gasteiger partial charge in [0, 0.05) is 24.5 Å². The fraction of sp³-hybridized carbons (Fsp3) is 0.167. The van der Waals surface area contributed by atoms with Gasteiger partial charge in [-0.15, -0.1) is 11.3 Å². The Hall–Kier alpha value is -1.22. The minimum atomic E-state index is -4.12. The minimum absolute atomic E-state index is 0.0242. The zero-order valence-electron chi connectivity index (χ0n) is 10.8. The molecular formula is C12H11ClF2N2O2S2. The first kappa shape index (κ1) is 16.2. The Morgan fingerprint density at radius 3 is 2.52 bits per heavy atom. The Kier molecular flexibility index (Phi) is 4.52. The predicted molar refractivity (Wildman–Crippen MR) is 78.8 cm³/mol. The highest BCUT2D eigenvalue weighted by molar-refractivity contribution is 7.89. The molecule has 2 N–H and O–H groups in total. The Balaban J connectivity index is 2.35. The molecule has 0 aliphatic carbocycles. The summed E-state index contributed by atoms with van der Waals surface area (Å²) >= 11 is 6.99. The summed E-state index contributed by atoms with van der Waals surface area (Å²) < 4.78 is 52.9. The molecule has 0 saturated carbocycles. The average molecular weight is 353 g/mol. The number of halogens is 3. The molecule has 114 valence electrons. The molecule has 0 spiro atoms. The molecule has 9 heteroatoms. The van der Waals surface area contributed by atoms with Gasteiger partial charge in [0.1, 0.15) is 16.5 Å². The van der Waals surface area contributed by atoms with Crippen LogP contribution in [0, 0.1) is 11.6 Å². The lowest BCUT2D eigenvalue weighted by Gasteiger charge is -2.17. The SMILES string of the molecule is CN(Cc1ccc(Cl)s1)S(=O)(=O)c1cc(N)c(F)cc1F. The van der Waals surface area contributed by atoms with E-state index in [-0.39, 0.29) is 6.54 Å². The first-order chi connectivity index (χ1) is 9.71. The van der Waals surface area contributed by atoms with E-state index in [0.29, 0.717) is 15.3 Å². The van der Waals surface area contributed by atoms with Gasteiger partial charge in [-0.2, -0.15) is 4.31 Å². The zero-order valence-corrected chi connectivity index (χ0v) is 13.2. The molecule has 0 atom stereocenters. The lowest BCUT2D eigenvalue weighted by molar-refractivity contribution is 0.461. The largest absolute Gasteiger partial charge is 0.396 e. The maximum atomic E-state index is 13.7. The second-order valence-corrected chi connectivity index (χ2v) is 8.08. The topological polar surface area (TPSA) is 63.4 Å². The normalized spacial score (nSPS) is 12.0. The van der Waals surface area contributed by atoms with E-state index in [2.05, 4.69) is 0 Å². The van der Waals surface area contributed by atoms with Crippen LogP contribution >= 0.6 is 22.9 Å². The van der Waals surface area contributed by atoms with Crippen molar-refractivity contribution in [3.8, 4) is 0 Å². The average Bonchev–Trinajstić information content (AvgIpc) is 2.79. The molecule has 4 nitrogen and oxygen atoms in total. The van der Waals surface area contributed by atoms with Crippen molar-refractivity contribution in [1.82, 2.24) is 4.31 Å². The predicted octanol–water partition coefficient (Wildman–Crippen LogP) is 3.08. The van der Waals surface area contributed by atoms with Crippen molar-refractivity contribution in [1.29, 1.82) is 0 Å². The van der Waals surface area contributed by atoms with Crippen molar-refractivity contribution in [2.24, 2.45) is 0 Å². The Morgan fingerprint density at radius 2 is 1.95 bits per heavy atom. The van der Waals surface area contributed by atoms with Gasteiger partial charge in [-0.05, 0) is 18.2 Å². The summed E-state index contributed by atoms with van der Waals surface area (Å²) in [5, 5.41) is 0. The smallest absolute Gasteiger partial charge is 0.246 e. The van der Waals surface area contributed by atoms with Gasteiger partial charge < -0.3 is 5.73 Å². The van der Waals surface area contributed by atoms with Crippen molar-refractivity contribution < 1.29 is 17.2 Å². The van der Waals surface area contributed by atoms with Crippen LogP contribution in [0.1, 0.15) is 4.88 Å². The molecule has 0 amide bonds. The first-order valence-corrected chi connectivity index (χ1v) is 8.30. The van der Waals surface area contributed by atoms with Gasteiger partial charge in [-0.1, -0.05) is 11.6 Å². The third kappa shape index (κ3) is 3.34. The quantitative estimate of drug-likeness (QED) is 0.860. The second kappa shape index (κ2) is 5.88. The number of benzene rings is 1. The maximum Gasteiger partial charge on any atom is 0.246 e. The monoisotopic (exact) mass is 352 g/mol. The van der Waals surface area contributed by atoms with E-state index in [9.17, 15) is 17.2 Å². The number of rotatable bonds is 4. The van der Waals surface area contributed by atoms with E-state index in [4.69, 9.17) is 17.3 Å². The van der Waals surface area contributed by atoms with E-state index in [1.165, 1.54) is 18.4 Å². The summed E-state index contributed by atoms with van der Waals surface area (Å²) in [5.41, 5.74) is 4.87. The number of nitrogens with zero attached hydrogens (tertiary/aromatic N) is 1. The fourth-order valence-corrected chi connectivity index (χ4v) is 4.10. The van der Waals surface area contributed by atoms with Crippen LogP contribution in [0.4, 0.5) is 14.5 Å². The van der Waals surface area contributed by atoms with Crippen LogP contribution in [0.5, 0.6) is 0 Å². The van der Waals surface area contributed by atoms with E-state index in [1.807, 2.05) is 0 Å². The Bertz CT molecular complexity index is 778. The molecule has 0 unspecified atom stereocenters. The molecule has 1 heterocycles. The highest BCUT2D eigenvalue weighted by Gasteiger charge is 2.26. The Morgan fingerprint density at radius 1 is 1.29 bits per heavy atom. The summed E-state index contributed by atoms with van der Waals surface area (Å²) in [6, 6.07) is 4.54. The molecule has 2 rings (SSSR count). The van der Waals surface area contributed by atoms with Crippen LogP contribution in [-0.2, 0) is 16.6 Å². The van der Waals surface area contributed by atoms with E-state index in [1.54, 1.807) is 12.1 Å². The van der Waals surface area contributed by atoms with Gasteiger partial charge in [0.15, 0.2) is 0 Å². The summed E-state index contributed by atoms with van der Waals surface area (Å²) in [7, 11) is -2.83. The standard InChI is InChI=1S/C12H11ClF2N2O2S2/c1-17(6-7-2-3-12(13)20-7)21(18,19)11-5-10(16)8(14)4-9(11)15/h2-5H,6,16H2,1H3. The van der Waals surface area contributed by atoms with Crippen molar-refractivity contribution in [2.75, 3.05) is 12.8 Å². The summed E-state index contributed by atoms with van der Waals surface area (Å²) in [5.74, 6) is -2.18. The van der Waals surface area contributed by atoms with Gasteiger partial charge in [0.25, 0.3) is 0 Å². The second-order valence-electron chi connectivity index (χ2n) is 4.27. The van der Waals surface area contributed by atoms with Crippen molar-refractivity contribution in [3.05, 3.63) is 45.1 Å². The molecular weight excluding hydrogens is 342 g/mol. The molecule has 0 bridgehead atoms. The molecule has 21 heavy (non-hydrogen) atoms. The molecule has 2 aromatic rings. The lowest BCUT2D eigenvalue weighted by atomic mass is 10.3. The van der Waals surface area contributed by atoms with Crippen molar-refractivity contribution in [2.45, 2.75) is 11.4 Å². The Labute approximate surface area is 129 Å². The van der Waals surface area contributed by atoms with Gasteiger partial charge in [-0.25, -0.2) is 17.2 Å². The number of sulfonamides is 1. The minimum Gasteiger partial charge on any atom is -0.396 e. The van der Waals surface area contributed by atoms with Gasteiger partial charge in [0.05, 0.1) is 10.0 Å². The van der Waals surface area contributed by atoms with Gasteiger partial charge in [-0.3, -0.25) is 0 Å². The number of anilines is 1. The van der Waals surface area contributed by atoms with Crippen LogP contribution < -0.4 is 5.73 Å². The molecule has 1 aromatic carbocycles. The van der Waals surface area contributed by atoms with E-state index < -0.39 is 32.2 Å². The number of hydrogen-bond acceptors (Lipinski definition) is 4. The highest BCUT2D eigenvalue weighted by Crippen LogP contribution is 2.27. The van der Waals surface area contributed by atoms with Gasteiger partial charge >= 0.3 is 0 Å². The summed E-state index contributed by atoms with van der Waals surface area (Å²) in [4.78, 5) is 0.0353. The third-order valence-corrected chi connectivity index (χ3v) is 5.78. The molecule has 0 radical (unpaired) electrons.